The largest absolute Gasteiger partial charge is 0.446 e. The highest BCUT2D eigenvalue weighted by Crippen LogP contribution is 2.23. The fourth-order valence-electron chi connectivity index (χ4n) is 1.27. The SMILES string of the molecule is CC(=NOC(=O)N(C)Sc1ccc(Cl)cc1)n1cncn1. The molecule has 1 amide bonds. The molecule has 0 aliphatic heterocycles. The molecule has 0 bridgehead atoms. The minimum Gasteiger partial charge on any atom is -0.295 e. The van der Waals surface area contributed by atoms with Crippen LogP contribution in [0.1, 0.15) is 6.92 Å². The van der Waals surface area contributed by atoms with Crippen LogP contribution in [0.25, 0.3) is 0 Å². The Hall–Kier alpha value is -2.06. The van der Waals surface area contributed by atoms with Crippen LogP contribution in [0, 0.1) is 0 Å². The van der Waals surface area contributed by atoms with Crippen molar-refractivity contribution in [3.05, 3.63) is 41.9 Å². The zero-order chi connectivity index (χ0) is 15.2. The topological polar surface area (TPSA) is 72.6 Å². The Kier molecular flexibility index (Phi) is 5.18. The fraction of sp³-hybridized carbons (Fsp3) is 0.167. The number of hydrogen-bond donors (Lipinski definition) is 0. The Morgan fingerprint density at radius 3 is 2.76 bits per heavy atom. The molecule has 0 saturated carbocycles. The number of halogens is 1. The molecule has 0 aliphatic rings. The molecule has 1 aromatic carbocycles. The van der Waals surface area contributed by atoms with Gasteiger partial charge >= 0.3 is 6.09 Å². The van der Waals surface area contributed by atoms with Crippen LogP contribution >= 0.6 is 23.5 Å². The number of amides is 1. The maximum Gasteiger partial charge on any atom is 0.446 e. The average molecular weight is 326 g/mol. The van der Waals surface area contributed by atoms with E-state index in [1.807, 2.05) is 0 Å². The zero-order valence-corrected chi connectivity index (χ0v) is 12.9. The van der Waals surface area contributed by atoms with Crippen molar-refractivity contribution in [1.29, 1.82) is 0 Å². The summed E-state index contributed by atoms with van der Waals surface area (Å²) >= 11 is 7.00. The molecule has 2 aromatic rings. The molecule has 21 heavy (non-hydrogen) atoms. The minimum atomic E-state index is -0.602. The predicted molar refractivity (Wildman–Crippen MR) is 80.1 cm³/mol. The minimum absolute atomic E-state index is 0.394. The van der Waals surface area contributed by atoms with Crippen molar-refractivity contribution in [2.75, 3.05) is 7.05 Å². The third-order valence-electron chi connectivity index (χ3n) is 2.32. The highest BCUT2D eigenvalue weighted by atomic mass is 35.5. The van der Waals surface area contributed by atoms with Crippen LogP contribution in [-0.2, 0) is 4.84 Å². The lowest BCUT2D eigenvalue weighted by Crippen LogP contribution is -2.20. The van der Waals surface area contributed by atoms with Gasteiger partial charge in [0.15, 0.2) is 5.84 Å². The molecule has 0 atom stereocenters. The van der Waals surface area contributed by atoms with E-state index in [9.17, 15) is 4.79 Å². The van der Waals surface area contributed by atoms with E-state index < -0.39 is 6.09 Å². The summed E-state index contributed by atoms with van der Waals surface area (Å²) in [7, 11) is 1.59. The summed E-state index contributed by atoms with van der Waals surface area (Å²) in [5.74, 6) is 0.394. The van der Waals surface area contributed by atoms with E-state index >= 15 is 0 Å². The van der Waals surface area contributed by atoms with Gasteiger partial charge in [-0.15, -0.1) is 0 Å². The highest BCUT2D eigenvalue weighted by Gasteiger charge is 2.12. The lowest BCUT2D eigenvalue weighted by atomic mass is 10.4. The van der Waals surface area contributed by atoms with Crippen LogP contribution in [0.3, 0.4) is 0 Å². The Balaban J connectivity index is 1.90. The zero-order valence-electron chi connectivity index (χ0n) is 11.3. The molecule has 2 rings (SSSR count). The quantitative estimate of drug-likeness (QED) is 0.285. The first kappa shape index (κ1) is 15.3. The van der Waals surface area contributed by atoms with Gasteiger partial charge in [-0.25, -0.2) is 18.8 Å². The number of benzene rings is 1. The molecular weight excluding hydrogens is 314 g/mol. The van der Waals surface area contributed by atoms with Crippen LogP contribution in [-0.4, -0.2) is 38.0 Å². The van der Waals surface area contributed by atoms with Crippen molar-refractivity contribution >= 4 is 35.5 Å². The smallest absolute Gasteiger partial charge is 0.295 e. The molecular formula is C12H12ClN5O2S. The number of carbonyl (C=O) groups excluding carboxylic acids is 1. The molecule has 1 heterocycles. The lowest BCUT2D eigenvalue weighted by molar-refractivity contribution is 0.136. The van der Waals surface area contributed by atoms with Crippen LogP contribution in [0.4, 0.5) is 4.79 Å². The molecule has 1 aromatic heterocycles. The van der Waals surface area contributed by atoms with E-state index in [2.05, 4.69) is 15.2 Å². The fourth-order valence-corrected chi connectivity index (χ4v) is 2.08. The number of hydrogen-bond acceptors (Lipinski definition) is 6. The van der Waals surface area contributed by atoms with E-state index in [4.69, 9.17) is 16.4 Å². The van der Waals surface area contributed by atoms with E-state index in [1.54, 1.807) is 38.2 Å². The van der Waals surface area contributed by atoms with Gasteiger partial charge in [0, 0.05) is 17.0 Å². The van der Waals surface area contributed by atoms with Crippen molar-refractivity contribution in [3.8, 4) is 0 Å². The number of oxime groups is 1. The number of aromatic nitrogens is 3. The third kappa shape index (κ3) is 4.47. The van der Waals surface area contributed by atoms with Crippen molar-refractivity contribution in [2.24, 2.45) is 5.16 Å². The number of rotatable bonds is 3. The van der Waals surface area contributed by atoms with E-state index in [-0.39, 0.29) is 0 Å². The summed E-state index contributed by atoms with van der Waals surface area (Å²) in [5.41, 5.74) is 0. The van der Waals surface area contributed by atoms with Crippen molar-refractivity contribution in [2.45, 2.75) is 11.8 Å². The lowest BCUT2D eigenvalue weighted by Gasteiger charge is -2.13. The Bertz CT molecular complexity index is 630. The summed E-state index contributed by atoms with van der Waals surface area (Å²) in [6.07, 6.45) is 2.22. The second kappa shape index (κ2) is 7.09. The highest BCUT2D eigenvalue weighted by molar-refractivity contribution is 7.97. The molecule has 0 unspecified atom stereocenters. The van der Waals surface area contributed by atoms with Gasteiger partial charge in [0.25, 0.3) is 0 Å². The maximum absolute atomic E-state index is 11.8. The van der Waals surface area contributed by atoms with Gasteiger partial charge in [-0.1, -0.05) is 16.8 Å². The molecule has 0 N–H and O–H groups in total. The maximum atomic E-state index is 11.8. The van der Waals surface area contributed by atoms with Gasteiger partial charge in [-0.05, 0) is 43.1 Å². The molecule has 0 fully saturated rings. The van der Waals surface area contributed by atoms with Gasteiger partial charge in [0.1, 0.15) is 12.7 Å². The third-order valence-corrected chi connectivity index (χ3v) is 3.48. The summed E-state index contributed by atoms with van der Waals surface area (Å²) < 4.78 is 2.71. The van der Waals surface area contributed by atoms with E-state index in [1.165, 1.54) is 33.6 Å². The Morgan fingerprint density at radius 1 is 1.43 bits per heavy atom. The average Bonchev–Trinajstić information content (AvgIpc) is 3.01. The summed E-state index contributed by atoms with van der Waals surface area (Å²) in [5, 5.41) is 8.20. The van der Waals surface area contributed by atoms with Gasteiger partial charge < -0.3 is 0 Å². The standard InChI is InChI=1S/C12H12ClN5O2S/c1-9(18-8-14-7-15-18)16-20-12(19)17(2)21-11-5-3-10(13)4-6-11/h3-8H,1-2H3. The first-order valence-corrected chi connectivity index (χ1v) is 6.99. The molecule has 7 nitrogen and oxygen atoms in total. The molecule has 110 valence electrons. The van der Waals surface area contributed by atoms with Crippen molar-refractivity contribution < 1.29 is 9.63 Å². The molecule has 0 radical (unpaired) electrons. The van der Waals surface area contributed by atoms with Crippen molar-refractivity contribution in [1.82, 2.24) is 19.1 Å². The predicted octanol–water partition coefficient (Wildman–Crippen LogP) is 2.89. The second-order valence-electron chi connectivity index (χ2n) is 3.88. The van der Waals surface area contributed by atoms with E-state index in [0.29, 0.717) is 10.9 Å². The van der Waals surface area contributed by atoms with Gasteiger partial charge in [-0.3, -0.25) is 4.84 Å². The van der Waals surface area contributed by atoms with Gasteiger partial charge in [0.05, 0.1) is 0 Å². The van der Waals surface area contributed by atoms with Crippen molar-refractivity contribution in [3.63, 3.8) is 0 Å². The Labute approximate surface area is 130 Å². The van der Waals surface area contributed by atoms with Gasteiger partial charge in [0.2, 0.25) is 0 Å². The number of nitrogens with zero attached hydrogens (tertiary/aromatic N) is 5. The summed E-state index contributed by atoms with van der Waals surface area (Å²) in [6, 6.07) is 7.10. The first-order valence-electron chi connectivity index (χ1n) is 5.84. The van der Waals surface area contributed by atoms with E-state index in [0.717, 1.165) is 4.90 Å². The normalized spacial score (nSPS) is 11.3. The molecule has 0 saturated heterocycles. The molecule has 0 aliphatic carbocycles. The van der Waals surface area contributed by atoms with Crippen LogP contribution in [0.2, 0.25) is 5.02 Å². The number of carbonyl (C=O) groups is 1. The van der Waals surface area contributed by atoms with Crippen LogP contribution in [0.5, 0.6) is 0 Å². The van der Waals surface area contributed by atoms with Crippen LogP contribution < -0.4 is 0 Å². The molecule has 9 heteroatoms. The van der Waals surface area contributed by atoms with Gasteiger partial charge in [-0.2, -0.15) is 5.10 Å². The second-order valence-corrected chi connectivity index (χ2v) is 5.52. The Morgan fingerprint density at radius 2 is 2.14 bits per heavy atom. The monoisotopic (exact) mass is 325 g/mol. The summed E-state index contributed by atoms with van der Waals surface area (Å²) in [6.45, 7) is 1.65. The van der Waals surface area contributed by atoms with Crippen LogP contribution in [0.15, 0.2) is 47.0 Å². The first-order chi connectivity index (χ1) is 10.1. The summed E-state index contributed by atoms with van der Waals surface area (Å²) in [4.78, 5) is 21.2. The molecule has 0 spiro atoms.